The molecule has 2 rings (SSSR count). The van der Waals surface area contributed by atoms with E-state index >= 15 is 0 Å². The third kappa shape index (κ3) is 5.20. The highest BCUT2D eigenvalue weighted by molar-refractivity contribution is 7.80. The average Bonchev–Trinajstić information content (AvgIpc) is 2.46. The van der Waals surface area contributed by atoms with Gasteiger partial charge in [0, 0.05) is 21.7 Å². The van der Waals surface area contributed by atoms with E-state index in [-0.39, 0.29) is 5.92 Å². The van der Waals surface area contributed by atoms with Gasteiger partial charge in [0.2, 0.25) is 0 Å². The molecule has 0 saturated heterocycles. The molecule has 6 heteroatoms. The Labute approximate surface area is 150 Å². The van der Waals surface area contributed by atoms with E-state index in [4.69, 9.17) is 40.2 Å². The number of esters is 1. The normalized spacial score (nSPS) is 10.5. The summed E-state index contributed by atoms with van der Waals surface area (Å²) >= 11 is 17.0. The van der Waals surface area contributed by atoms with Crippen molar-refractivity contribution < 1.29 is 9.53 Å². The van der Waals surface area contributed by atoms with Crippen molar-refractivity contribution in [1.29, 1.82) is 0 Å². The van der Waals surface area contributed by atoms with Crippen molar-refractivity contribution in [3.05, 3.63) is 58.1 Å². The molecule has 0 aliphatic heterocycles. The molecule has 0 spiro atoms. The summed E-state index contributed by atoms with van der Waals surface area (Å²) in [4.78, 5) is 12.9. The van der Waals surface area contributed by atoms with Crippen molar-refractivity contribution in [3.8, 4) is 5.75 Å². The summed E-state index contributed by atoms with van der Waals surface area (Å²) in [6.07, 6.45) is 0. The number of carbonyl (C=O) groups excluding carboxylic acids is 1. The molecule has 0 atom stereocenters. The number of thiocarbonyl (C=S) groups is 1. The lowest BCUT2D eigenvalue weighted by Crippen LogP contribution is -2.15. The highest BCUT2D eigenvalue weighted by Gasteiger charge is 2.10. The highest BCUT2D eigenvalue weighted by Crippen LogP contribution is 2.25. The van der Waals surface area contributed by atoms with Crippen LogP contribution in [0.25, 0.3) is 0 Å². The molecule has 0 fully saturated rings. The second-order valence-corrected chi connectivity index (χ2v) is 6.53. The topological polar surface area (TPSA) is 38.3 Å². The zero-order valence-electron chi connectivity index (χ0n) is 12.6. The van der Waals surface area contributed by atoms with E-state index < -0.39 is 5.97 Å². The Morgan fingerprint density at radius 1 is 1.09 bits per heavy atom. The number of hydrogen-bond acceptors (Lipinski definition) is 3. The van der Waals surface area contributed by atoms with Gasteiger partial charge in [-0.05, 0) is 42.5 Å². The van der Waals surface area contributed by atoms with Crippen molar-refractivity contribution in [2.24, 2.45) is 5.92 Å². The zero-order valence-corrected chi connectivity index (χ0v) is 14.9. The van der Waals surface area contributed by atoms with Crippen LogP contribution in [0.4, 0.5) is 5.69 Å². The van der Waals surface area contributed by atoms with Crippen LogP contribution in [0.1, 0.15) is 24.2 Å². The molecular weight excluding hydrogens is 353 g/mol. The van der Waals surface area contributed by atoms with Crippen molar-refractivity contribution in [1.82, 2.24) is 0 Å². The second kappa shape index (κ2) is 7.77. The van der Waals surface area contributed by atoms with E-state index in [2.05, 4.69) is 5.32 Å². The van der Waals surface area contributed by atoms with Crippen LogP contribution in [0.5, 0.6) is 5.75 Å². The first-order valence-electron chi connectivity index (χ1n) is 6.94. The second-order valence-electron chi connectivity index (χ2n) is 5.22. The van der Waals surface area contributed by atoms with Crippen molar-refractivity contribution in [3.63, 3.8) is 0 Å². The number of carbonyl (C=O) groups is 1. The molecule has 1 N–H and O–H groups in total. The van der Waals surface area contributed by atoms with Crippen LogP contribution in [0.2, 0.25) is 10.0 Å². The fourth-order valence-electron chi connectivity index (χ4n) is 1.73. The molecule has 0 aliphatic rings. The lowest BCUT2D eigenvalue weighted by atomic mass is 10.2. The summed E-state index contributed by atoms with van der Waals surface area (Å²) in [6, 6.07) is 11.5. The quantitative estimate of drug-likeness (QED) is 0.433. The van der Waals surface area contributed by atoms with Gasteiger partial charge >= 0.3 is 5.97 Å². The van der Waals surface area contributed by atoms with Gasteiger partial charge in [0.1, 0.15) is 5.75 Å². The number of benzene rings is 2. The Morgan fingerprint density at radius 3 is 2.17 bits per heavy atom. The van der Waals surface area contributed by atoms with Gasteiger partial charge in [0.25, 0.3) is 0 Å². The van der Waals surface area contributed by atoms with Gasteiger partial charge in [0.05, 0.1) is 10.6 Å². The largest absolute Gasteiger partial charge is 0.423 e. The average molecular weight is 368 g/mol. The minimum Gasteiger partial charge on any atom is -0.423 e. The predicted octanol–water partition coefficient (Wildman–Crippen LogP) is 5.61. The SMILES string of the molecule is CC(C)C(=S)Nc1ccc(C(=O)Oc2cc(Cl)cc(Cl)c2)cc1. The molecular formula is C17H15Cl2NO2S. The minimum atomic E-state index is -0.485. The van der Waals surface area contributed by atoms with Gasteiger partial charge in [-0.2, -0.15) is 0 Å². The maximum atomic E-state index is 12.1. The molecule has 0 unspecified atom stereocenters. The van der Waals surface area contributed by atoms with Crippen LogP contribution in [0, 0.1) is 5.92 Å². The fraction of sp³-hybridized carbons (Fsp3) is 0.176. The molecule has 23 heavy (non-hydrogen) atoms. The molecule has 0 aliphatic carbocycles. The summed E-state index contributed by atoms with van der Waals surface area (Å²) in [5.41, 5.74) is 1.24. The first-order chi connectivity index (χ1) is 10.8. The predicted molar refractivity (Wildman–Crippen MR) is 98.9 cm³/mol. The molecule has 0 amide bonds. The van der Waals surface area contributed by atoms with Crippen molar-refractivity contribution in [2.75, 3.05) is 5.32 Å². The van der Waals surface area contributed by atoms with E-state index in [1.54, 1.807) is 30.3 Å². The summed E-state index contributed by atoms with van der Waals surface area (Å²) in [6.45, 7) is 4.02. The Balaban J connectivity index is 2.06. The van der Waals surface area contributed by atoms with Gasteiger partial charge in [-0.15, -0.1) is 0 Å². The van der Waals surface area contributed by atoms with E-state index in [1.165, 1.54) is 12.1 Å². The van der Waals surface area contributed by atoms with E-state index in [1.807, 2.05) is 13.8 Å². The maximum absolute atomic E-state index is 12.1. The third-order valence-corrected chi connectivity index (χ3v) is 3.97. The Morgan fingerprint density at radius 2 is 1.65 bits per heavy atom. The van der Waals surface area contributed by atoms with Gasteiger partial charge < -0.3 is 10.1 Å². The maximum Gasteiger partial charge on any atom is 0.343 e. The number of nitrogens with one attached hydrogen (secondary N) is 1. The molecule has 3 nitrogen and oxygen atoms in total. The van der Waals surface area contributed by atoms with Crippen LogP contribution >= 0.6 is 35.4 Å². The van der Waals surface area contributed by atoms with Crippen LogP contribution < -0.4 is 10.1 Å². The molecule has 0 saturated carbocycles. The van der Waals surface area contributed by atoms with E-state index in [9.17, 15) is 4.79 Å². The molecule has 0 heterocycles. The highest BCUT2D eigenvalue weighted by atomic mass is 35.5. The molecule has 0 aromatic heterocycles. The molecule has 2 aromatic carbocycles. The van der Waals surface area contributed by atoms with E-state index in [0.29, 0.717) is 21.4 Å². The Hall–Kier alpha value is -1.62. The number of halogens is 2. The lowest BCUT2D eigenvalue weighted by molar-refractivity contribution is 0.0735. The zero-order chi connectivity index (χ0) is 17.0. The van der Waals surface area contributed by atoms with Crippen molar-refractivity contribution >= 4 is 52.1 Å². The molecule has 120 valence electrons. The Bertz CT molecular complexity index is 710. The number of rotatable bonds is 4. The smallest absolute Gasteiger partial charge is 0.343 e. The minimum absolute atomic E-state index is 0.252. The summed E-state index contributed by atoms with van der Waals surface area (Å²) in [7, 11) is 0. The van der Waals surface area contributed by atoms with Gasteiger partial charge in [-0.25, -0.2) is 4.79 Å². The monoisotopic (exact) mass is 367 g/mol. The number of hydrogen-bond donors (Lipinski definition) is 1. The standard InChI is InChI=1S/C17H15Cl2NO2S/c1-10(2)16(23)20-14-5-3-11(4-6-14)17(21)22-15-8-12(18)7-13(19)9-15/h3-10H,1-2H3,(H,20,23). The molecule has 0 bridgehead atoms. The van der Waals surface area contributed by atoms with Gasteiger partial charge in [0.15, 0.2) is 0 Å². The number of anilines is 1. The van der Waals surface area contributed by atoms with Gasteiger partial charge in [-0.1, -0.05) is 49.3 Å². The fourth-order valence-corrected chi connectivity index (χ4v) is 2.35. The van der Waals surface area contributed by atoms with E-state index in [0.717, 1.165) is 10.7 Å². The third-order valence-electron chi connectivity index (χ3n) is 2.96. The molecule has 0 radical (unpaired) electrons. The first kappa shape index (κ1) is 17.7. The van der Waals surface area contributed by atoms with Crippen molar-refractivity contribution in [2.45, 2.75) is 13.8 Å². The first-order valence-corrected chi connectivity index (χ1v) is 8.11. The van der Waals surface area contributed by atoms with Gasteiger partial charge in [-0.3, -0.25) is 0 Å². The summed E-state index contributed by atoms with van der Waals surface area (Å²) in [5.74, 6) is 0.0687. The van der Waals surface area contributed by atoms with Crippen LogP contribution in [-0.2, 0) is 0 Å². The lowest BCUT2D eigenvalue weighted by Gasteiger charge is -2.11. The van der Waals surface area contributed by atoms with Crippen LogP contribution in [0.15, 0.2) is 42.5 Å². The summed E-state index contributed by atoms with van der Waals surface area (Å²) < 4.78 is 5.27. The van der Waals surface area contributed by atoms with Crippen LogP contribution in [0.3, 0.4) is 0 Å². The molecule has 2 aromatic rings. The Kier molecular flexibility index (Phi) is 5.99. The summed E-state index contributed by atoms with van der Waals surface area (Å²) in [5, 5.41) is 3.93. The van der Waals surface area contributed by atoms with Crippen LogP contribution in [-0.4, -0.2) is 11.0 Å². The number of ether oxygens (including phenoxy) is 1.